The van der Waals surface area contributed by atoms with Gasteiger partial charge in [0.05, 0.1) is 11.4 Å². The summed E-state index contributed by atoms with van der Waals surface area (Å²) < 4.78 is 0. The molecule has 1 fully saturated rings. The molecule has 2 N–H and O–H groups in total. The number of nitrogens with one attached hydrogen (secondary N) is 2. The first-order valence-electron chi connectivity index (χ1n) is 8.36. The Bertz CT molecular complexity index is 732. The number of aromatic amines is 1. The van der Waals surface area contributed by atoms with Crippen molar-refractivity contribution in [1.82, 2.24) is 10.2 Å². The molecule has 1 aliphatic heterocycles. The summed E-state index contributed by atoms with van der Waals surface area (Å²) in [4.78, 5) is 14.9. The van der Waals surface area contributed by atoms with E-state index in [1.54, 1.807) is 0 Å². The molecule has 23 heavy (non-hydrogen) atoms. The van der Waals surface area contributed by atoms with Crippen LogP contribution in [0.15, 0.2) is 30.3 Å². The first-order valence-corrected chi connectivity index (χ1v) is 8.36. The van der Waals surface area contributed by atoms with Gasteiger partial charge in [-0.25, -0.2) is 0 Å². The third-order valence-electron chi connectivity index (χ3n) is 4.80. The minimum Gasteiger partial charge on any atom is -0.379 e. The Morgan fingerprint density at radius 1 is 1.30 bits per heavy atom. The maximum Gasteiger partial charge on any atom is 0.278 e. The molecule has 2 aliphatic rings. The largest absolute Gasteiger partial charge is 0.379 e. The molecule has 0 spiro atoms. The second kappa shape index (κ2) is 5.41. The van der Waals surface area contributed by atoms with Gasteiger partial charge in [-0.3, -0.25) is 9.89 Å². The molecule has 1 atom stereocenters. The molecule has 1 aliphatic carbocycles. The Labute approximate surface area is 136 Å². The van der Waals surface area contributed by atoms with E-state index in [1.807, 2.05) is 35.2 Å². The zero-order valence-corrected chi connectivity index (χ0v) is 13.5. The van der Waals surface area contributed by atoms with Gasteiger partial charge in [-0.2, -0.15) is 5.10 Å². The minimum atomic E-state index is -0.0206. The lowest BCUT2D eigenvalue weighted by atomic mass is 9.99. The van der Waals surface area contributed by atoms with Crippen molar-refractivity contribution in [2.75, 3.05) is 16.8 Å². The van der Waals surface area contributed by atoms with Crippen LogP contribution in [0, 0.1) is 5.92 Å². The minimum absolute atomic E-state index is 0.0206. The van der Waals surface area contributed by atoms with E-state index in [1.165, 1.54) is 12.8 Å². The van der Waals surface area contributed by atoms with Crippen LogP contribution in [0.3, 0.4) is 0 Å². The zero-order chi connectivity index (χ0) is 16.0. The number of H-pyrrole nitrogens is 1. The van der Waals surface area contributed by atoms with Crippen molar-refractivity contribution in [3.05, 3.63) is 41.7 Å². The maximum atomic E-state index is 13.0. The quantitative estimate of drug-likeness (QED) is 0.913. The third-order valence-corrected chi connectivity index (χ3v) is 4.80. The molecule has 1 aromatic carbocycles. The van der Waals surface area contributed by atoms with Gasteiger partial charge < -0.3 is 10.2 Å². The lowest BCUT2D eigenvalue weighted by Gasteiger charge is -2.37. The van der Waals surface area contributed by atoms with E-state index < -0.39 is 0 Å². The molecule has 2 heterocycles. The van der Waals surface area contributed by atoms with E-state index >= 15 is 0 Å². The van der Waals surface area contributed by atoms with E-state index in [-0.39, 0.29) is 11.9 Å². The number of hydrogen-bond donors (Lipinski definition) is 2. The number of para-hydroxylation sites is 2. The van der Waals surface area contributed by atoms with Crippen molar-refractivity contribution in [3.63, 3.8) is 0 Å². The van der Waals surface area contributed by atoms with E-state index in [0.29, 0.717) is 24.1 Å². The molecule has 2 aromatic rings. The molecule has 1 saturated carbocycles. The van der Waals surface area contributed by atoms with Gasteiger partial charge in [-0.1, -0.05) is 26.0 Å². The van der Waals surface area contributed by atoms with Crippen LogP contribution in [-0.4, -0.2) is 28.7 Å². The van der Waals surface area contributed by atoms with Gasteiger partial charge in [-0.15, -0.1) is 0 Å². The van der Waals surface area contributed by atoms with Crippen LogP contribution < -0.4 is 10.2 Å². The van der Waals surface area contributed by atoms with Crippen molar-refractivity contribution in [2.45, 2.75) is 38.6 Å². The predicted molar refractivity (Wildman–Crippen MR) is 90.9 cm³/mol. The fourth-order valence-corrected chi connectivity index (χ4v) is 3.13. The molecule has 1 amide bonds. The molecule has 0 radical (unpaired) electrons. The van der Waals surface area contributed by atoms with Crippen LogP contribution in [0.1, 0.15) is 48.8 Å². The van der Waals surface area contributed by atoms with Crippen molar-refractivity contribution in [1.29, 1.82) is 0 Å². The molecule has 0 bridgehead atoms. The number of aromatic nitrogens is 2. The number of amides is 1. The van der Waals surface area contributed by atoms with Gasteiger partial charge in [0.2, 0.25) is 0 Å². The Kier molecular flexibility index (Phi) is 3.36. The van der Waals surface area contributed by atoms with Crippen molar-refractivity contribution in [2.24, 2.45) is 5.92 Å². The van der Waals surface area contributed by atoms with E-state index in [2.05, 4.69) is 29.4 Å². The summed E-state index contributed by atoms with van der Waals surface area (Å²) in [5.74, 6) is 0.996. The van der Waals surface area contributed by atoms with Crippen LogP contribution in [0.2, 0.25) is 0 Å². The van der Waals surface area contributed by atoms with Gasteiger partial charge >= 0.3 is 0 Å². The summed E-state index contributed by atoms with van der Waals surface area (Å²) in [6.07, 6.45) is 2.39. The van der Waals surface area contributed by atoms with Crippen molar-refractivity contribution in [3.8, 4) is 0 Å². The number of anilines is 2. The number of rotatable bonds is 3. The summed E-state index contributed by atoms with van der Waals surface area (Å²) in [5, 5.41) is 10.8. The fraction of sp³-hybridized carbons (Fsp3) is 0.444. The van der Waals surface area contributed by atoms with Gasteiger partial charge in [-0.05, 0) is 37.0 Å². The first kappa shape index (κ1) is 14.3. The van der Waals surface area contributed by atoms with Gasteiger partial charge in [0, 0.05) is 24.2 Å². The Balaban J connectivity index is 1.66. The fourth-order valence-electron chi connectivity index (χ4n) is 3.13. The number of fused-ring (bicyclic) bond motifs is 1. The average molecular weight is 310 g/mol. The number of benzene rings is 1. The first-order chi connectivity index (χ1) is 11.1. The summed E-state index contributed by atoms with van der Waals surface area (Å²) in [6, 6.07) is 10.2. The lowest BCUT2D eigenvalue weighted by Crippen LogP contribution is -2.47. The van der Waals surface area contributed by atoms with Crippen molar-refractivity contribution < 1.29 is 4.79 Å². The van der Waals surface area contributed by atoms with Crippen LogP contribution in [0.5, 0.6) is 0 Å². The smallest absolute Gasteiger partial charge is 0.278 e. The van der Waals surface area contributed by atoms with Crippen LogP contribution in [0.4, 0.5) is 11.4 Å². The molecule has 4 rings (SSSR count). The molecule has 1 aromatic heterocycles. The molecule has 5 heteroatoms. The maximum absolute atomic E-state index is 13.0. The van der Waals surface area contributed by atoms with Crippen LogP contribution >= 0.6 is 0 Å². The summed E-state index contributed by atoms with van der Waals surface area (Å²) >= 11 is 0. The average Bonchev–Trinajstić information content (AvgIpc) is 3.30. The van der Waals surface area contributed by atoms with E-state index in [0.717, 1.165) is 17.1 Å². The summed E-state index contributed by atoms with van der Waals surface area (Å²) in [5.41, 5.74) is 3.57. The summed E-state index contributed by atoms with van der Waals surface area (Å²) in [7, 11) is 0. The SMILES string of the molecule is CC(C)[C@@H]1CN(C(=O)c2cc(C3CC3)[nH]n2)c2ccccc2N1. The van der Waals surface area contributed by atoms with E-state index in [9.17, 15) is 4.79 Å². The third kappa shape index (κ3) is 2.60. The second-order valence-corrected chi connectivity index (χ2v) is 6.91. The molecular formula is C18H22N4O. The number of carbonyl (C=O) groups is 1. The monoisotopic (exact) mass is 310 g/mol. The highest BCUT2D eigenvalue weighted by Gasteiger charge is 2.32. The van der Waals surface area contributed by atoms with E-state index in [4.69, 9.17) is 0 Å². The van der Waals surface area contributed by atoms with Crippen LogP contribution in [-0.2, 0) is 0 Å². The van der Waals surface area contributed by atoms with Gasteiger partial charge in [0.1, 0.15) is 0 Å². The topological polar surface area (TPSA) is 61.0 Å². The highest BCUT2D eigenvalue weighted by Crippen LogP contribution is 2.39. The van der Waals surface area contributed by atoms with Gasteiger partial charge in [0.15, 0.2) is 5.69 Å². The Hall–Kier alpha value is -2.30. The number of hydrogen-bond acceptors (Lipinski definition) is 3. The molecule has 0 saturated heterocycles. The molecule has 5 nitrogen and oxygen atoms in total. The Morgan fingerprint density at radius 3 is 2.83 bits per heavy atom. The standard InChI is InChI=1S/C18H22N4O/c1-11(2)16-10-22(17-6-4-3-5-13(17)19-16)18(23)15-9-14(20-21-15)12-7-8-12/h3-6,9,11-12,16,19H,7-8,10H2,1-2H3,(H,20,21)/t16-/m0/s1. The van der Waals surface area contributed by atoms with Gasteiger partial charge in [0.25, 0.3) is 5.91 Å². The lowest BCUT2D eigenvalue weighted by molar-refractivity contribution is 0.0979. The summed E-state index contributed by atoms with van der Waals surface area (Å²) in [6.45, 7) is 5.02. The highest BCUT2D eigenvalue weighted by atomic mass is 16.2. The van der Waals surface area contributed by atoms with Crippen molar-refractivity contribution >= 4 is 17.3 Å². The highest BCUT2D eigenvalue weighted by molar-refractivity contribution is 6.07. The van der Waals surface area contributed by atoms with Crippen LogP contribution in [0.25, 0.3) is 0 Å². The molecular weight excluding hydrogens is 288 g/mol. The number of nitrogens with zero attached hydrogens (tertiary/aromatic N) is 2. The zero-order valence-electron chi connectivity index (χ0n) is 13.5. The second-order valence-electron chi connectivity index (χ2n) is 6.91. The number of carbonyl (C=O) groups excluding carboxylic acids is 1. The molecule has 0 unspecified atom stereocenters. The Morgan fingerprint density at radius 2 is 2.09 bits per heavy atom. The normalized spacial score (nSPS) is 20.3. The predicted octanol–water partition coefficient (Wildman–Crippen LogP) is 3.38. The molecule has 120 valence electrons.